The van der Waals surface area contributed by atoms with Crippen LogP contribution in [0.4, 0.5) is 0 Å². The Morgan fingerprint density at radius 1 is 1.13 bits per heavy atom. The van der Waals surface area contributed by atoms with Crippen LogP contribution in [0.2, 0.25) is 0 Å². The van der Waals surface area contributed by atoms with Crippen molar-refractivity contribution in [3.05, 3.63) is 0 Å². The molecule has 0 aliphatic carbocycles. The predicted octanol–water partition coefficient (Wildman–Crippen LogP) is -2.34. The number of aliphatic hydroxyl groups is 5. The molecule has 0 bridgehead atoms. The number of hydrogen-bond donors (Lipinski definition) is 6. The van der Waals surface area contributed by atoms with E-state index in [4.69, 9.17) is 15.4 Å². The molecule has 90 valence electrons. The summed E-state index contributed by atoms with van der Waals surface area (Å²) in [6.07, 6.45) is -6.41. The minimum atomic E-state index is -1.72. The number of nitrogens with zero attached hydrogens (tertiary/aromatic N) is 1. The molecule has 15 heavy (non-hydrogen) atoms. The molecule has 0 saturated heterocycles. The molecule has 7 nitrogen and oxygen atoms in total. The van der Waals surface area contributed by atoms with Gasteiger partial charge in [0.1, 0.15) is 24.4 Å². The highest BCUT2D eigenvalue weighted by Crippen LogP contribution is 2.08. The van der Waals surface area contributed by atoms with Crippen molar-refractivity contribution in [3.63, 3.8) is 0 Å². The van der Waals surface area contributed by atoms with Gasteiger partial charge in [-0.2, -0.15) is 0 Å². The summed E-state index contributed by atoms with van der Waals surface area (Å²) in [6, 6.07) is 0. The lowest BCUT2D eigenvalue weighted by Crippen LogP contribution is -2.48. The van der Waals surface area contributed by atoms with Crippen LogP contribution in [-0.2, 0) is 0 Å². The minimum absolute atomic E-state index is 0.119. The molecule has 0 amide bonds. The highest BCUT2D eigenvalue weighted by Gasteiger charge is 2.32. The maximum atomic E-state index is 9.40. The van der Waals surface area contributed by atoms with E-state index in [0.717, 1.165) is 0 Å². The first-order chi connectivity index (χ1) is 6.99. The highest BCUT2D eigenvalue weighted by molar-refractivity contribution is 5.88. The third kappa shape index (κ3) is 3.73. The van der Waals surface area contributed by atoms with E-state index in [1.807, 2.05) is 0 Å². The number of hydrogen-bond acceptors (Lipinski definition) is 7. The fraction of sp³-hybridized carbons (Fsp3) is 0.875. The summed E-state index contributed by atoms with van der Waals surface area (Å²) in [4.78, 5) is 0. The summed E-state index contributed by atoms with van der Waals surface area (Å²) in [5.74, 6) is 0. The van der Waals surface area contributed by atoms with Crippen molar-refractivity contribution in [1.82, 2.24) is 0 Å². The largest absolute Gasteiger partial charge is 0.411 e. The lowest BCUT2D eigenvalue weighted by Gasteiger charge is -2.25. The lowest BCUT2D eigenvalue weighted by molar-refractivity contribution is -0.101. The van der Waals surface area contributed by atoms with Crippen molar-refractivity contribution in [2.45, 2.75) is 37.8 Å². The van der Waals surface area contributed by atoms with Crippen LogP contribution in [0.3, 0.4) is 0 Å². The van der Waals surface area contributed by atoms with E-state index in [9.17, 15) is 15.3 Å². The summed E-state index contributed by atoms with van der Waals surface area (Å²) in [5, 5.41) is 56.7. The van der Waals surface area contributed by atoms with Gasteiger partial charge < -0.3 is 30.7 Å². The van der Waals surface area contributed by atoms with E-state index in [1.54, 1.807) is 6.92 Å². The zero-order chi connectivity index (χ0) is 12.0. The van der Waals surface area contributed by atoms with E-state index in [-0.39, 0.29) is 12.1 Å². The molecular weight excluding hydrogens is 206 g/mol. The van der Waals surface area contributed by atoms with Crippen molar-refractivity contribution < 1.29 is 30.7 Å². The van der Waals surface area contributed by atoms with Gasteiger partial charge in [0.2, 0.25) is 0 Å². The monoisotopic (exact) mass is 223 g/mol. The normalized spacial score (nSPS) is 20.8. The van der Waals surface area contributed by atoms with Crippen molar-refractivity contribution in [3.8, 4) is 0 Å². The van der Waals surface area contributed by atoms with Crippen molar-refractivity contribution in [2.24, 2.45) is 5.16 Å². The van der Waals surface area contributed by atoms with Crippen molar-refractivity contribution >= 4 is 5.71 Å². The molecule has 0 aliphatic heterocycles. The van der Waals surface area contributed by atoms with E-state index in [1.165, 1.54) is 0 Å². The van der Waals surface area contributed by atoms with Gasteiger partial charge in [-0.15, -0.1) is 0 Å². The smallest absolute Gasteiger partial charge is 0.124 e. The van der Waals surface area contributed by atoms with Gasteiger partial charge in [0.15, 0.2) is 0 Å². The topological polar surface area (TPSA) is 134 Å². The predicted molar refractivity (Wildman–Crippen MR) is 50.6 cm³/mol. The van der Waals surface area contributed by atoms with Crippen LogP contribution >= 0.6 is 0 Å². The molecule has 7 heteroatoms. The van der Waals surface area contributed by atoms with Gasteiger partial charge in [-0.1, -0.05) is 12.1 Å². The van der Waals surface area contributed by atoms with Crippen LogP contribution in [0.5, 0.6) is 0 Å². The Labute approximate surface area is 86.9 Å². The average molecular weight is 223 g/mol. The van der Waals surface area contributed by atoms with Gasteiger partial charge in [0.05, 0.1) is 12.3 Å². The van der Waals surface area contributed by atoms with Gasteiger partial charge in [0, 0.05) is 0 Å². The van der Waals surface area contributed by atoms with E-state index >= 15 is 0 Å². The fourth-order valence-electron chi connectivity index (χ4n) is 1.06. The summed E-state index contributed by atoms with van der Waals surface area (Å²) < 4.78 is 0. The maximum Gasteiger partial charge on any atom is 0.124 e. The van der Waals surface area contributed by atoms with Crippen LogP contribution in [0, 0.1) is 0 Å². The van der Waals surface area contributed by atoms with E-state index < -0.39 is 31.0 Å². The lowest BCUT2D eigenvalue weighted by atomic mass is 9.99. The first-order valence-corrected chi connectivity index (χ1v) is 4.53. The molecule has 0 aliphatic rings. The zero-order valence-corrected chi connectivity index (χ0v) is 8.35. The molecule has 0 aromatic rings. The van der Waals surface area contributed by atoms with Crippen LogP contribution in [0.25, 0.3) is 0 Å². The van der Waals surface area contributed by atoms with Gasteiger partial charge in [-0.25, -0.2) is 0 Å². The third-order valence-electron chi connectivity index (χ3n) is 2.09. The molecule has 0 saturated carbocycles. The number of aliphatic hydroxyl groups excluding tert-OH is 5. The Balaban J connectivity index is 4.49. The van der Waals surface area contributed by atoms with E-state index in [0.29, 0.717) is 0 Å². The van der Waals surface area contributed by atoms with Crippen LogP contribution in [0.15, 0.2) is 5.16 Å². The SMILES string of the molecule is CCC(=NO)[C@H](O)[C@@H](O)[C@H](O)[C@H](O)CO. The second-order valence-electron chi connectivity index (χ2n) is 3.12. The molecule has 0 fully saturated rings. The van der Waals surface area contributed by atoms with Crippen LogP contribution in [0.1, 0.15) is 13.3 Å². The zero-order valence-electron chi connectivity index (χ0n) is 8.35. The fourth-order valence-corrected chi connectivity index (χ4v) is 1.06. The van der Waals surface area contributed by atoms with Crippen molar-refractivity contribution in [2.75, 3.05) is 6.61 Å². The third-order valence-corrected chi connectivity index (χ3v) is 2.09. The summed E-state index contributed by atoms with van der Waals surface area (Å²) in [6.45, 7) is 0.836. The van der Waals surface area contributed by atoms with Crippen LogP contribution < -0.4 is 0 Å². The summed E-state index contributed by atoms with van der Waals surface area (Å²) >= 11 is 0. The molecule has 0 radical (unpaired) electrons. The minimum Gasteiger partial charge on any atom is -0.411 e. The molecule has 0 heterocycles. The molecule has 0 rings (SSSR count). The molecule has 0 aromatic heterocycles. The molecule has 6 N–H and O–H groups in total. The Morgan fingerprint density at radius 3 is 2.00 bits per heavy atom. The Bertz CT molecular complexity index is 209. The first kappa shape index (κ1) is 14.3. The average Bonchev–Trinajstić information content (AvgIpc) is 2.27. The maximum absolute atomic E-state index is 9.40. The first-order valence-electron chi connectivity index (χ1n) is 4.53. The standard InChI is InChI=1S/C8H17NO6/c1-2-4(9-15)6(12)8(14)7(13)5(11)3-10/h5-8,10-15H,2-3H2,1H3/t5-,6+,7-,8-/m1/s1. The summed E-state index contributed by atoms with van der Waals surface area (Å²) in [7, 11) is 0. The molecule has 4 atom stereocenters. The quantitative estimate of drug-likeness (QED) is 0.170. The van der Waals surface area contributed by atoms with Gasteiger partial charge in [-0.3, -0.25) is 0 Å². The number of oxime groups is 1. The Hall–Kier alpha value is -0.730. The molecule has 0 aromatic carbocycles. The van der Waals surface area contributed by atoms with E-state index in [2.05, 4.69) is 5.16 Å². The second-order valence-corrected chi connectivity index (χ2v) is 3.12. The van der Waals surface area contributed by atoms with Crippen molar-refractivity contribution in [1.29, 1.82) is 0 Å². The Morgan fingerprint density at radius 2 is 1.67 bits per heavy atom. The highest BCUT2D eigenvalue weighted by atomic mass is 16.4. The second kappa shape index (κ2) is 6.70. The molecule has 0 spiro atoms. The van der Waals surface area contributed by atoms with Gasteiger partial charge in [0.25, 0.3) is 0 Å². The Kier molecular flexibility index (Phi) is 6.37. The van der Waals surface area contributed by atoms with Crippen LogP contribution in [-0.4, -0.2) is 67.5 Å². The van der Waals surface area contributed by atoms with Gasteiger partial charge in [-0.05, 0) is 6.42 Å². The molecular formula is C8H17NO6. The number of rotatable bonds is 6. The van der Waals surface area contributed by atoms with Gasteiger partial charge >= 0.3 is 0 Å². The molecule has 0 unspecified atom stereocenters. The summed E-state index contributed by atoms with van der Waals surface area (Å²) in [5.41, 5.74) is -0.119.